The second-order valence-corrected chi connectivity index (χ2v) is 9.27. The Kier molecular flexibility index (Phi) is 10.3. The molecule has 2 aromatic heterocycles. The van der Waals surface area contributed by atoms with Crippen LogP contribution in [0.25, 0.3) is 0 Å². The van der Waals surface area contributed by atoms with E-state index in [0.29, 0.717) is 17.1 Å². The first-order chi connectivity index (χ1) is 21.2. The highest BCUT2D eigenvalue weighted by Gasteiger charge is 2.22. The van der Waals surface area contributed by atoms with E-state index in [0.717, 1.165) is 5.56 Å². The Bertz CT molecular complexity index is 1600. The van der Waals surface area contributed by atoms with Gasteiger partial charge >= 0.3 is 12.2 Å². The van der Waals surface area contributed by atoms with Crippen molar-refractivity contribution in [2.24, 2.45) is 0 Å². The molecule has 4 rings (SSSR count). The number of nitrogens with one attached hydrogen (secondary N) is 3. The van der Waals surface area contributed by atoms with Crippen molar-refractivity contribution in [2.75, 3.05) is 45.5 Å². The van der Waals surface area contributed by atoms with Gasteiger partial charge in [-0.3, -0.25) is 10.6 Å². The van der Waals surface area contributed by atoms with E-state index in [1.807, 2.05) is 0 Å². The zero-order valence-electron chi connectivity index (χ0n) is 24.1. The van der Waals surface area contributed by atoms with Crippen LogP contribution in [0.15, 0.2) is 66.7 Å². The predicted octanol–water partition coefficient (Wildman–Crippen LogP) is 6.01. The second-order valence-electron chi connectivity index (χ2n) is 9.27. The highest BCUT2D eigenvalue weighted by atomic mass is 19.1. The largest absolute Gasteiger partial charge is 0.450 e. The summed E-state index contributed by atoms with van der Waals surface area (Å²) < 4.78 is 37.2. The predicted molar refractivity (Wildman–Crippen MR) is 165 cm³/mol. The first kappa shape index (κ1) is 31.3. The number of carbonyl (C=O) groups is 2. The van der Waals surface area contributed by atoms with Crippen molar-refractivity contribution in [3.05, 3.63) is 89.5 Å². The number of aromatic nitrogens is 2. The van der Waals surface area contributed by atoms with Crippen LogP contribution >= 0.6 is 0 Å². The lowest BCUT2D eigenvalue weighted by atomic mass is 10.1. The summed E-state index contributed by atoms with van der Waals surface area (Å²) in [6.07, 6.45) is -1.43. The molecule has 0 spiro atoms. The summed E-state index contributed by atoms with van der Waals surface area (Å²) in [4.78, 5) is 35.0. The molecule has 12 nitrogen and oxygen atoms in total. The van der Waals surface area contributed by atoms with E-state index in [4.69, 9.17) is 20.9 Å². The average molecular weight is 607 g/mol. The second kappa shape index (κ2) is 14.5. The van der Waals surface area contributed by atoms with Crippen molar-refractivity contribution in [1.29, 1.82) is 0 Å². The smallest absolute Gasteiger partial charge is 0.411 e. The van der Waals surface area contributed by atoms with Gasteiger partial charge in [0.15, 0.2) is 5.82 Å². The molecular weight excluding hydrogens is 574 g/mol. The molecule has 0 aliphatic rings. The molecular formula is C30H32F2N8O4. The third-order valence-corrected chi connectivity index (χ3v) is 6.16. The summed E-state index contributed by atoms with van der Waals surface area (Å²) in [6, 6.07) is 16.5. The number of benzene rings is 2. The molecule has 0 atom stereocenters. The van der Waals surface area contributed by atoms with E-state index in [9.17, 15) is 18.4 Å². The zero-order valence-corrected chi connectivity index (χ0v) is 24.1. The maximum atomic E-state index is 13.8. The SMILES string of the molecule is CCOC(=O)Nc1ccc(N(Cc2ccc(F)cc2)c2cc(NC(=O)OCC)c(N)nc2NCc2ccc(F)cc2)nc1N. The Morgan fingerprint density at radius 1 is 0.773 bits per heavy atom. The molecule has 0 saturated heterocycles. The maximum absolute atomic E-state index is 13.8. The number of halogens is 2. The van der Waals surface area contributed by atoms with Crippen LogP contribution in [-0.4, -0.2) is 35.4 Å². The minimum absolute atomic E-state index is 0.00578. The van der Waals surface area contributed by atoms with Gasteiger partial charge in [0.1, 0.15) is 29.1 Å². The topological polar surface area (TPSA) is 170 Å². The average Bonchev–Trinajstić information content (AvgIpc) is 2.99. The molecule has 2 aromatic carbocycles. The third-order valence-electron chi connectivity index (χ3n) is 6.16. The Morgan fingerprint density at radius 3 is 1.89 bits per heavy atom. The fourth-order valence-electron chi connectivity index (χ4n) is 4.08. The summed E-state index contributed by atoms with van der Waals surface area (Å²) in [5, 5.41) is 8.34. The quantitative estimate of drug-likeness (QED) is 0.136. The molecule has 44 heavy (non-hydrogen) atoms. The summed E-state index contributed by atoms with van der Waals surface area (Å²) >= 11 is 0. The minimum atomic E-state index is -0.735. The number of pyridine rings is 2. The summed E-state index contributed by atoms with van der Waals surface area (Å²) in [7, 11) is 0. The lowest BCUT2D eigenvalue weighted by Gasteiger charge is -2.28. The molecule has 7 N–H and O–H groups in total. The number of carbonyl (C=O) groups excluding carboxylic acids is 2. The maximum Gasteiger partial charge on any atom is 0.411 e. The number of anilines is 7. The highest BCUT2D eigenvalue weighted by Crippen LogP contribution is 2.37. The Balaban J connectivity index is 1.81. The lowest BCUT2D eigenvalue weighted by Crippen LogP contribution is -2.22. The molecule has 2 amide bonds. The van der Waals surface area contributed by atoms with Crippen LogP contribution < -0.4 is 32.3 Å². The normalized spacial score (nSPS) is 10.5. The van der Waals surface area contributed by atoms with Crippen molar-refractivity contribution in [2.45, 2.75) is 26.9 Å². The molecule has 230 valence electrons. The van der Waals surface area contributed by atoms with Gasteiger partial charge in [0.2, 0.25) is 0 Å². The number of rotatable bonds is 11. The van der Waals surface area contributed by atoms with E-state index in [-0.39, 0.29) is 60.9 Å². The van der Waals surface area contributed by atoms with Crippen molar-refractivity contribution in [1.82, 2.24) is 9.97 Å². The Labute approximate surface area is 252 Å². The van der Waals surface area contributed by atoms with Crippen molar-refractivity contribution >= 4 is 52.5 Å². The fraction of sp³-hybridized carbons (Fsp3) is 0.200. The number of hydrogen-bond acceptors (Lipinski definition) is 10. The molecule has 0 aliphatic heterocycles. The van der Waals surface area contributed by atoms with Gasteiger partial charge in [-0.25, -0.2) is 28.3 Å². The van der Waals surface area contributed by atoms with Crippen molar-refractivity contribution < 1.29 is 27.8 Å². The van der Waals surface area contributed by atoms with E-state index < -0.39 is 18.0 Å². The molecule has 2 heterocycles. The van der Waals surface area contributed by atoms with E-state index in [2.05, 4.69) is 25.9 Å². The van der Waals surface area contributed by atoms with Gasteiger partial charge in [-0.05, 0) is 67.4 Å². The molecule has 0 saturated carbocycles. The van der Waals surface area contributed by atoms with Crippen LogP contribution in [0.1, 0.15) is 25.0 Å². The van der Waals surface area contributed by atoms with Crippen molar-refractivity contribution in [3.8, 4) is 0 Å². The summed E-state index contributed by atoms with van der Waals surface area (Å²) in [6.45, 7) is 4.03. The van der Waals surface area contributed by atoms with Crippen LogP contribution in [0, 0.1) is 11.6 Å². The zero-order chi connectivity index (χ0) is 31.6. The van der Waals surface area contributed by atoms with Crippen LogP contribution in [0.3, 0.4) is 0 Å². The molecule has 0 aliphatic carbocycles. The van der Waals surface area contributed by atoms with Crippen LogP contribution in [-0.2, 0) is 22.6 Å². The minimum Gasteiger partial charge on any atom is -0.450 e. The summed E-state index contributed by atoms with van der Waals surface area (Å²) in [5.74, 6) is -0.187. The number of ether oxygens (including phenoxy) is 2. The Morgan fingerprint density at radius 2 is 1.32 bits per heavy atom. The van der Waals surface area contributed by atoms with Crippen LogP contribution in [0.5, 0.6) is 0 Å². The standard InChI is InChI=1S/C30H32F2N8O4/c1-3-43-29(41)36-22-13-14-25(38-26(22)33)40(17-19-7-11-21(32)12-8-19)24-15-23(37-30(42)44-4-2)27(34)39-28(24)35-16-18-5-9-20(31)10-6-18/h5-15H,3-4,16-17H2,1-2H3,(H2,33,38)(H,36,41)(H,37,42)(H3,34,35,39). The Hall–Kier alpha value is -5.66. The van der Waals surface area contributed by atoms with Gasteiger partial charge in [0.25, 0.3) is 0 Å². The number of nitrogen functional groups attached to an aromatic ring is 2. The van der Waals surface area contributed by atoms with Crippen LogP contribution in [0.2, 0.25) is 0 Å². The van der Waals surface area contributed by atoms with E-state index in [1.54, 1.807) is 61.2 Å². The lowest BCUT2D eigenvalue weighted by molar-refractivity contribution is 0.167. The first-order valence-electron chi connectivity index (χ1n) is 13.6. The van der Waals surface area contributed by atoms with Gasteiger partial charge < -0.3 is 31.2 Å². The highest BCUT2D eigenvalue weighted by molar-refractivity contribution is 5.92. The molecule has 4 aromatic rings. The number of nitrogens with two attached hydrogens (primary N) is 2. The molecule has 0 bridgehead atoms. The molecule has 0 unspecified atom stereocenters. The van der Waals surface area contributed by atoms with E-state index in [1.165, 1.54) is 24.3 Å². The third kappa shape index (κ3) is 8.21. The van der Waals surface area contributed by atoms with Gasteiger partial charge in [0, 0.05) is 13.1 Å². The number of nitrogens with zero attached hydrogens (tertiary/aromatic N) is 3. The van der Waals surface area contributed by atoms with Crippen LogP contribution in [0.4, 0.5) is 58.7 Å². The fourth-order valence-corrected chi connectivity index (χ4v) is 4.08. The van der Waals surface area contributed by atoms with Gasteiger partial charge in [-0.1, -0.05) is 24.3 Å². The molecule has 0 radical (unpaired) electrons. The van der Waals surface area contributed by atoms with Crippen molar-refractivity contribution in [3.63, 3.8) is 0 Å². The van der Waals surface area contributed by atoms with Gasteiger partial charge in [0.05, 0.1) is 30.3 Å². The first-order valence-corrected chi connectivity index (χ1v) is 13.6. The molecule has 14 heteroatoms. The number of hydrogen-bond donors (Lipinski definition) is 5. The monoisotopic (exact) mass is 606 g/mol. The van der Waals surface area contributed by atoms with Gasteiger partial charge in [-0.15, -0.1) is 0 Å². The van der Waals surface area contributed by atoms with E-state index >= 15 is 0 Å². The molecule has 0 fully saturated rings. The van der Waals surface area contributed by atoms with Gasteiger partial charge in [-0.2, -0.15) is 0 Å². The summed E-state index contributed by atoms with van der Waals surface area (Å²) in [5.41, 5.74) is 14.7. The number of amides is 2.